The lowest BCUT2D eigenvalue weighted by molar-refractivity contribution is -0.195. The molecule has 4 aromatic rings. The van der Waals surface area contributed by atoms with Gasteiger partial charge in [0.05, 0.1) is 34.1 Å². The van der Waals surface area contributed by atoms with Crippen molar-refractivity contribution in [1.82, 2.24) is 25.9 Å². The Morgan fingerprint density at radius 2 is 1.91 bits per heavy atom. The van der Waals surface area contributed by atoms with Crippen molar-refractivity contribution >= 4 is 33.1 Å². The van der Waals surface area contributed by atoms with Gasteiger partial charge in [0, 0.05) is 47.8 Å². The summed E-state index contributed by atoms with van der Waals surface area (Å²) in [5.74, 6) is 2.69. The molecule has 224 valence electrons. The van der Waals surface area contributed by atoms with Gasteiger partial charge in [-0.25, -0.2) is 0 Å². The first-order chi connectivity index (χ1) is 20.9. The van der Waals surface area contributed by atoms with Gasteiger partial charge >= 0.3 is 6.18 Å². The number of benzene rings is 2. The molecule has 0 bridgehead atoms. The van der Waals surface area contributed by atoms with Crippen LogP contribution in [0.3, 0.4) is 0 Å². The molecule has 2 aromatic heterocycles. The number of aromatic nitrogens is 2. The molecule has 4 N–H and O–H groups in total. The Balaban J connectivity index is 1.49. The second kappa shape index (κ2) is 10.6. The zero-order valence-electron chi connectivity index (χ0n) is 24.5. The smallest absolute Gasteiger partial charge is 0.383 e. The number of terminal acetylenes is 1. The van der Waals surface area contributed by atoms with Crippen LogP contribution in [-0.4, -0.2) is 33.2 Å². The van der Waals surface area contributed by atoms with E-state index < -0.39 is 17.8 Å². The number of anilines is 2. The first-order valence-corrected chi connectivity index (χ1v) is 14.2. The van der Waals surface area contributed by atoms with Crippen LogP contribution >= 0.6 is 0 Å². The Labute approximate surface area is 253 Å². The van der Waals surface area contributed by atoms with Crippen molar-refractivity contribution in [1.29, 1.82) is 5.26 Å². The summed E-state index contributed by atoms with van der Waals surface area (Å²) in [6.45, 7) is 6.91. The van der Waals surface area contributed by atoms with E-state index in [2.05, 4.69) is 64.3 Å². The van der Waals surface area contributed by atoms with Crippen LogP contribution in [0.25, 0.3) is 21.7 Å². The molecule has 0 unspecified atom stereocenters. The fourth-order valence-corrected chi connectivity index (χ4v) is 5.49. The normalized spacial score (nSPS) is 16.5. The third-order valence-corrected chi connectivity index (χ3v) is 7.99. The van der Waals surface area contributed by atoms with Gasteiger partial charge in [0.15, 0.2) is 5.54 Å². The summed E-state index contributed by atoms with van der Waals surface area (Å²) >= 11 is 0. The molecule has 0 amide bonds. The molecule has 44 heavy (non-hydrogen) atoms. The molecule has 3 heterocycles. The van der Waals surface area contributed by atoms with Gasteiger partial charge in [-0.1, -0.05) is 44.9 Å². The zero-order valence-corrected chi connectivity index (χ0v) is 24.5. The number of fused-ring (bicyclic) bond motifs is 2. The lowest BCUT2D eigenvalue weighted by Crippen LogP contribution is -2.52. The molecule has 1 aliphatic heterocycles. The zero-order chi connectivity index (χ0) is 31.3. The minimum absolute atomic E-state index is 0.00367. The number of pyridine rings is 2. The third kappa shape index (κ3) is 5.20. The Bertz CT molecular complexity index is 1870. The van der Waals surface area contributed by atoms with Crippen molar-refractivity contribution < 1.29 is 13.2 Å². The highest BCUT2D eigenvalue weighted by Gasteiger charge is 2.67. The number of nitrogens with one attached hydrogen (secondary N) is 4. The van der Waals surface area contributed by atoms with E-state index in [1.54, 1.807) is 24.7 Å². The molecule has 0 radical (unpaired) electrons. The SMILES string of the molecule is C#Cc1cnc2c(C#N)cc(N[C@H](C3=CN(C4(C(F)(F)F)CC4)NN3)c3cccc4ccncc34)cc2c1NCC(C)(C)C. The predicted octanol–water partition coefficient (Wildman–Crippen LogP) is 6.51. The lowest BCUT2D eigenvalue weighted by atomic mass is 9.96. The van der Waals surface area contributed by atoms with Gasteiger partial charge in [-0.2, -0.15) is 18.4 Å². The van der Waals surface area contributed by atoms with E-state index in [1.165, 1.54) is 6.20 Å². The fraction of sp³-hybridized carbons (Fsp3) is 0.303. The Morgan fingerprint density at radius 3 is 2.59 bits per heavy atom. The molecule has 1 saturated carbocycles. The number of nitriles is 1. The average Bonchev–Trinajstić information content (AvgIpc) is 3.68. The van der Waals surface area contributed by atoms with E-state index in [1.807, 2.05) is 30.3 Å². The molecular weight excluding hydrogens is 565 g/mol. The average molecular weight is 597 g/mol. The van der Waals surface area contributed by atoms with Crippen molar-refractivity contribution in [3.05, 3.63) is 83.6 Å². The molecule has 1 atom stereocenters. The van der Waals surface area contributed by atoms with Gasteiger partial charge in [-0.15, -0.1) is 12.0 Å². The molecule has 2 aromatic carbocycles. The lowest BCUT2D eigenvalue weighted by Gasteiger charge is -2.28. The number of nitrogens with zero attached hydrogens (tertiary/aromatic N) is 4. The summed E-state index contributed by atoms with van der Waals surface area (Å²) in [6, 6.07) is 12.8. The molecule has 1 aliphatic carbocycles. The summed E-state index contributed by atoms with van der Waals surface area (Å²) in [7, 11) is 0. The maximum atomic E-state index is 14.0. The number of rotatable bonds is 7. The highest BCUT2D eigenvalue weighted by atomic mass is 19.4. The van der Waals surface area contributed by atoms with Crippen LogP contribution in [0.5, 0.6) is 0 Å². The van der Waals surface area contributed by atoms with Crippen molar-refractivity contribution in [2.24, 2.45) is 5.41 Å². The number of hydrogen-bond acceptors (Lipinski definition) is 8. The molecule has 11 heteroatoms. The van der Waals surface area contributed by atoms with Crippen LogP contribution in [0.4, 0.5) is 24.5 Å². The van der Waals surface area contributed by atoms with E-state index in [0.29, 0.717) is 45.6 Å². The second-order valence-electron chi connectivity index (χ2n) is 12.4. The molecule has 8 nitrogen and oxygen atoms in total. The summed E-state index contributed by atoms with van der Waals surface area (Å²) < 4.78 is 42.0. The summed E-state index contributed by atoms with van der Waals surface area (Å²) in [5.41, 5.74) is 7.57. The van der Waals surface area contributed by atoms with Crippen LogP contribution in [0.15, 0.2) is 66.9 Å². The van der Waals surface area contributed by atoms with Crippen LogP contribution in [0, 0.1) is 29.1 Å². The fourth-order valence-electron chi connectivity index (χ4n) is 5.49. The van der Waals surface area contributed by atoms with Crippen molar-refractivity contribution in [3.63, 3.8) is 0 Å². The van der Waals surface area contributed by atoms with Gasteiger partial charge in [0.25, 0.3) is 0 Å². The van der Waals surface area contributed by atoms with E-state index in [4.69, 9.17) is 6.42 Å². The predicted molar refractivity (Wildman–Crippen MR) is 165 cm³/mol. The van der Waals surface area contributed by atoms with E-state index in [9.17, 15) is 18.4 Å². The highest BCUT2D eigenvalue weighted by Crippen LogP contribution is 2.54. The quantitative estimate of drug-likeness (QED) is 0.179. The maximum Gasteiger partial charge on any atom is 0.413 e. The van der Waals surface area contributed by atoms with Gasteiger partial charge in [-0.05, 0) is 47.4 Å². The number of halogens is 3. The largest absolute Gasteiger partial charge is 0.413 e. The molecule has 1 fully saturated rings. The van der Waals surface area contributed by atoms with Gasteiger partial charge in [0.1, 0.15) is 6.07 Å². The number of hydrazine groups is 2. The molecule has 2 aliphatic rings. The second-order valence-corrected chi connectivity index (χ2v) is 12.4. The maximum absolute atomic E-state index is 14.0. The Kier molecular flexibility index (Phi) is 7.02. The van der Waals surface area contributed by atoms with Crippen LogP contribution in [0.2, 0.25) is 0 Å². The Morgan fingerprint density at radius 1 is 1.11 bits per heavy atom. The van der Waals surface area contributed by atoms with Gasteiger partial charge in [0.2, 0.25) is 0 Å². The number of hydrogen-bond donors (Lipinski definition) is 4. The standard InChI is InChI=1S/C33H31F3N8/c1-5-20-16-39-29-22(15-37)13-23(14-25(29)28(20)40-19-31(2,3)4)41-30(24-8-6-7-21-9-12-38-17-26(21)24)27-18-44(43-42-27)32(10-11-32)33(34,35)36/h1,6-9,12-14,16-18,30,41-43H,10-11,19H2,2-4H3,(H,39,40)/t30-/m0/s1. The molecule has 0 saturated heterocycles. The molecule has 6 rings (SSSR count). The monoisotopic (exact) mass is 596 g/mol. The van der Waals surface area contributed by atoms with Gasteiger partial charge < -0.3 is 16.1 Å². The Hall–Kier alpha value is -5.00. The molecule has 0 spiro atoms. The van der Waals surface area contributed by atoms with Crippen molar-refractivity contribution in [2.75, 3.05) is 17.2 Å². The van der Waals surface area contributed by atoms with E-state index in [-0.39, 0.29) is 18.3 Å². The van der Waals surface area contributed by atoms with E-state index >= 15 is 0 Å². The topological polar surface area (TPSA) is 101 Å². The van der Waals surface area contributed by atoms with Gasteiger partial charge in [-0.3, -0.25) is 15.0 Å². The van der Waals surface area contributed by atoms with Crippen molar-refractivity contribution in [2.45, 2.75) is 51.4 Å². The minimum atomic E-state index is -4.40. The first kappa shape index (κ1) is 29.1. The van der Waals surface area contributed by atoms with Crippen LogP contribution in [-0.2, 0) is 0 Å². The first-order valence-electron chi connectivity index (χ1n) is 14.2. The number of alkyl halides is 3. The third-order valence-electron chi connectivity index (χ3n) is 7.99. The highest BCUT2D eigenvalue weighted by molar-refractivity contribution is 5.99. The summed E-state index contributed by atoms with van der Waals surface area (Å²) in [4.78, 5) is 8.81. The van der Waals surface area contributed by atoms with Crippen molar-refractivity contribution in [3.8, 4) is 18.4 Å². The van der Waals surface area contributed by atoms with Crippen LogP contribution < -0.4 is 21.6 Å². The van der Waals surface area contributed by atoms with E-state index in [0.717, 1.165) is 21.3 Å². The van der Waals surface area contributed by atoms with Crippen LogP contribution in [0.1, 0.15) is 56.3 Å². The summed E-state index contributed by atoms with van der Waals surface area (Å²) in [5, 5.41) is 20.6. The molecular formula is C33H31F3N8. The summed E-state index contributed by atoms with van der Waals surface area (Å²) in [6.07, 6.45) is 7.90. The minimum Gasteiger partial charge on any atom is -0.383 e.